The van der Waals surface area contributed by atoms with Crippen LogP contribution < -0.4 is 14.2 Å². The predicted molar refractivity (Wildman–Crippen MR) is 87.3 cm³/mol. The molecule has 24 heavy (non-hydrogen) atoms. The van der Waals surface area contributed by atoms with Gasteiger partial charge >= 0.3 is 5.97 Å². The van der Waals surface area contributed by atoms with Crippen molar-refractivity contribution in [2.75, 3.05) is 0 Å². The molecule has 2 atom stereocenters. The van der Waals surface area contributed by atoms with E-state index >= 15 is 0 Å². The zero-order valence-corrected chi connectivity index (χ0v) is 13.3. The van der Waals surface area contributed by atoms with Gasteiger partial charge in [0.15, 0.2) is 11.5 Å². The van der Waals surface area contributed by atoms with E-state index < -0.39 is 18.2 Å². The zero-order valence-electron chi connectivity index (χ0n) is 13.3. The number of carbonyl (C=O) groups is 1. The quantitative estimate of drug-likeness (QED) is 0.536. The maximum absolute atomic E-state index is 12.5. The number of aromatic nitrogens is 2. The normalized spacial score (nSPS) is 19.2. The van der Waals surface area contributed by atoms with Crippen molar-refractivity contribution < 1.29 is 19.0 Å². The number of esters is 1. The molecule has 1 aromatic heterocycles. The first-order valence-corrected chi connectivity index (χ1v) is 7.67. The van der Waals surface area contributed by atoms with Crippen molar-refractivity contribution in [1.82, 2.24) is 9.55 Å². The van der Waals surface area contributed by atoms with E-state index in [1.165, 1.54) is 0 Å². The summed E-state index contributed by atoms with van der Waals surface area (Å²) in [5.74, 6) is 1.11. The van der Waals surface area contributed by atoms with Gasteiger partial charge in [0.2, 0.25) is 6.10 Å². The minimum Gasteiger partial charge on any atom is -0.482 e. The molecule has 2 heterocycles. The van der Waals surface area contributed by atoms with Gasteiger partial charge in [-0.3, -0.25) is 0 Å². The Balaban J connectivity index is 1.55. The lowest BCUT2D eigenvalue weighted by molar-refractivity contribution is -0.147. The van der Waals surface area contributed by atoms with E-state index in [1.54, 1.807) is 31.5 Å². The maximum Gasteiger partial charge on any atom is 0.356 e. The Kier molecular flexibility index (Phi) is 3.37. The number of aryl methyl sites for hydroxylation is 1. The zero-order chi connectivity index (χ0) is 16.7. The van der Waals surface area contributed by atoms with Gasteiger partial charge in [-0.2, -0.15) is 0 Å². The summed E-state index contributed by atoms with van der Waals surface area (Å²) in [5.41, 5.74) is 1.73. The number of fused-ring (bicyclic) bond motifs is 2. The van der Waals surface area contributed by atoms with Gasteiger partial charge in [0, 0.05) is 13.1 Å². The first-order valence-electron chi connectivity index (χ1n) is 7.67. The molecule has 0 saturated heterocycles. The molecule has 3 aromatic rings. The third-order valence-electron chi connectivity index (χ3n) is 3.99. The molecule has 0 aliphatic carbocycles. The van der Waals surface area contributed by atoms with Gasteiger partial charge in [0.1, 0.15) is 11.9 Å². The van der Waals surface area contributed by atoms with Crippen molar-refractivity contribution in [2.45, 2.75) is 19.1 Å². The molecule has 4 rings (SSSR count). The van der Waals surface area contributed by atoms with Crippen LogP contribution in [0.5, 0.6) is 17.2 Å². The summed E-state index contributed by atoms with van der Waals surface area (Å²) in [5, 5.41) is 0. The van der Waals surface area contributed by atoms with Crippen LogP contribution in [0.25, 0.3) is 11.0 Å². The molecule has 2 aromatic carbocycles. The average molecular weight is 324 g/mol. The molecule has 6 heteroatoms. The molecular formula is C18H16N2O4. The predicted octanol–water partition coefficient (Wildman–Crippen LogP) is 2.71. The first-order chi connectivity index (χ1) is 11.6. The monoisotopic (exact) mass is 324 g/mol. The summed E-state index contributed by atoms with van der Waals surface area (Å²) in [4.78, 5) is 16.7. The fraction of sp³-hybridized carbons (Fsp3) is 0.222. The molecule has 1 aliphatic heterocycles. The van der Waals surface area contributed by atoms with E-state index in [4.69, 9.17) is 14.2 Å². The van der Waals surface area contributed by atoms with Crippen LogP contribution in [-0.2, 0) is 11.8 Å². The van der Waals surface area contributed by atoms with E-state index in [0.717, 1.165) is 11.0 Å². The lowest BCUT2D eigenvalue weighted by Crippen LogP contribution is -2.45. The Morgan fingerprint density at radius 1 is 1.17 bits per heavy atom. The minimum atomic E-state index is -0.820. The van der Waals surface area contributed by atoms with Crippen molar-refractivity contribution in [2.24, 2.45) is 7.05 Å². The van der Waals surface area contributed by atoms with Gasteiger partial charge in [0.05, 0.1) is 17.4 Å². The van der Waals surface area contributed by atoms with E-state index in [-0.39, 0.29) is 0 Å². The molecule has 0 N–H and O–H groups in total. The Morgan fingerprint density at radius 2 is 1.92 bits per heavy atom. The molecule has 122 valence electrons. The molecular weight excluding hydrogens is 308 g/mol. The Labute approximate surface area is 138 Å². The number of carbonyl (C=O) groups excluding carboxylic acids is 1. The van der Waals surface area contributed by atoms with Gasteiger partial charge in [-0.05, 0) is 31.2 Å². The fourth-order valence-corrected chi connectivity index (χ4v) is 2.73. The summed E-state index contributed by atoms with van der Waals surface area (Å²) >= 11 is 0. The molecule has 0 spiro atoms. The van der Waals surface area contributed by atoms with Gasteiger partial charge in [0.25, 0.3) is 0 Å². The van der Waals surface area contributed by atoms with Crippen LogP contribution in [0, 0.1) is 0 Å². The largest absolute Gasteiger partial charge is 0.482 e. The van der Waals surface area contributed by atoms with Crippen LogP contribution in [0.4, 0.5) is 0 Å². The number of para-hydroxylation sites is 2. The third kappa shape index (κ3) is 2.46. The van der Waals surface area contributed by atoms with Crippen LogP contribution in [0.2, 0.25) is 0 Å². The van der Waals surface area contributed by atoms with Gasteiger partial charge < -0.3 is 18.8 Å². The molecule has 0 amide bonds. The summed E-state index contributed by atoms with van der Waals surface area (Å²) < 4.78 is 18.9. The van der Waals surface area contributed by atoms with Crippen molar-refractivity contribution in [1.29, 1.82) is 0 Å². The van der Waals surface area contributed by atoms with Gasteiger partial charge in [-0.15, -0.1) is 0 Å². The van der Waals surface area contributed by atoms with Crippen LogP contribution in [0.3, 0.4) is 0 Å². The Hall–Kier alpha value is -3.02. The molecule has 0 fully saturated rings. The molecule has 0 bridgehead atoms. The second-order valence-electron chi connectivity index (χ2n) is 5.74. The highest BCUT2D eigenvalue weighted by Crippen LogP contribution is 2.34. The molecule has 1 aliphatic rings. The van der Waals surface area contributed by atoms with E-state index in [1.807, 2.05) is 35.9 Å². The maximum atomic E-state index is 12.5. The van der Waals surface area contributed by atoms with Crippen molar-refractivity contribution >= 4 is 17.0 Å². The van der Waals surface area contributed by atoms with Crippen LogP contribution in [-0.4, -0.2) is 27.7 Å². The van der Waals surface area contributed by atoms with Crippen LogP contribution in [0.15, 0.2) is 48.8 Å². The molecule has 0 saturated carbocycles. The lowest BCUT2D eigenvalue weighted by atomic mass is 10.2. The van der Waals surface area contributed by atoms with Crippen molar-refractivity contribution in [3.63, 3.8) is 0 Å². The van der Waals surface area contributed by atoms with Gasteiger partial charge in [-0.25, -0.2) is 9.78 Å². The minimum absolute atomic E-state index is 0.431. The lowest BCUT2D eigenvalue weighted by Gasteiger charge is -2.30. The highest BCUT2D eigenvalue weighted by molar-refractivity contribution is 5.81. The number of hydrogen-bond donors (Lipinski definition) is 0. The van der Waals surface area contributed by atoms with Crippen LogP contribution >= 0.6 is 0 Å². The van der Waals surface area contributed by atoms with Crippen LogP contribution in [0.1, 0.15) is 6.92 Å². The summed E-state index contributed by atoms with van der Waals surface area (Å²) in [7, 11) is 1.91. The number of nitrogens with zero attached hydrogens (tertiary/aromatic N) is 2. The Bertz CT molecular complexity index is 918. The number of rotatable bonds is 2. The SMILES string of the molecule is CC1Oc2ccccc2OC1C(=O)Oc1ccc2c(c1)ncn2C. The standard InChI is InChI=1S/C18H16N2O4/c1-11-17(24-16-6-4-3-5-15(16)22-11)18(21)23-12-7-8-14-13(9-12)19-10-20(14)2/h3-11,17H,1-2H3. The molecule has 6 nitrogen and oxygen atoms in total. The first kappa shape index (κ1) is 14.6. The number of benzene rings is 2. The highest BCUT2D eigenvalue weighted by Gasteiger charge is 2.35. The van der Waals surface area contributed by atoms with Gasteiger partial charge in [-0.1, -0.05) is 12.1 Å². The second-order valence-corrected chi connectivity index (χ2v) is 5.74. The van der Waals surface area contributed by atoms with E-state index in [0.29, 0.717) is 17.2 Å². The smallest absolute Gasteiger partial charge is 0.356 e. The van der Waals surface area contributed by atoms with E-state index in [2.05, 4.69) is 4.98 Å². The fourth-order valence-electron chi connectivity index (χ4n) is 2.73. The Morgan fingerprint density at radius 3 is 2.71 bits per heavy atom. The van der Waals surface area contributed by atoms with Crippen molar-refractivity contribution in [3.05, 3.63) is 48.8 Å². The van der Waals surface area contributed by atoms with Crippen molar-refractivity contribution in [3.8, 4) is 17.2 Å². The third-order valence-corrected chi connectivity index (χ3v) is 3.99. The molecule has 0 radical (unpaired) electrons. The summed E-state index contributed by atoms with van der Waals surface area (Å²) in [6, 6.07) is 12.6. The number of imidazole rings is 1. The summed E-state index contributed by atoms with van der Waals surface area (Å²) in [6.45, 7) is 1.78. The second kappa shape index (κ2) is 5.56. The topological polar surface area (TPSA) is 62.6 Å². The highest BCUT2D eigenvalue weighted by atomic mass is 16.6. The summed E-state index contributed by atoms with van der Waals surface area (Å²) in [6.07, 6.45) is 0.457. The average Bonchev–Trinajstić information content (AvgIpc) is 2.94. The molecule has 2 unspecified atom stereocenters. The number of ether oxygens (including phenoxy) is 3. The number of hydrogen-bond acceptors (Lipinski definition) is 5. The van der Waals surface area contributed by atoms with E-state index in [9.17, 15) is 4.79 Å².